The number of nitrogens with one attached hydrogen (secondary N) is 1. The van der Waals surface area contributed by atoms with E-state index in [-0.39, 0.29) is 5.82 Å². The van der Waals surface area contributed by atoms with Gasteiger partial charge in [0.2, 0.25) is 0 Å². The van der Waals surface area contributed by atoms with E-state index < -0.39 is 0 Å². The Morgan fingerprint density at radius 1 is 1.29 bits per heavy atom. The summed E-state index contributed by atoms with van der Waals surface area (Å²) < 4.78 is 16.8. The van der Waals surface area contributed by atoms with E-state index in [0.717, 1.165) is 27.6 Å². The van der Waals surface area contributed by atoms with Crippen molar-refractivity contribution in [3.8, 4) is 0 Å². The molecule has 0 spiro atoms. The largest absolute Gasteiger partial charge is 0.328 e. The highest BCUT2D eigenvalue weighted by Crippen LogP contribution is 2.22. The number of pyridine rings is 1. The lowest BCUT2D eigenvalue weighted by Crippen LogP contribution is -2.04. The lowest BCUT2D eigenvalue weighted by atomic mass is 10.2. The van der Waals surface area contributed by atoms with Crippen LogP contribution in [0.15, 0.2) is 47.2 Å². The van der Waals surface area contributed by atoms with Crippen LogP contribution in [-0.4, -0.2) is 16.6 Å². The average molecular weight is 348 g/mol. The van der Waals surface area contributed by atoms with Gasteiger partial charge in [-0.05, 0) is 36.9 Å². The molecule has 1 N–H and O–H groups in total. The Morgan fingerprint density at radius 2 is 2.14 bits per heavy atom. The van der Waals surface area contributed by atoms with E-state index in [4.69, 9.17) is 0 Å². The van der Waals surface area contributed by atoms with Crippen LogP contribution < -0.4 is 5.32 Å². The maximum Gasteiger partial charge on any atom is 0.140 e. The fourth-order valence-electron chi connectivity index (χ4n) is 2.48. The van der Waals surface area contributed by atoms with Crippen molar-refractivity contribution in [2.75, 3.05) is 7.05 Å². The van der Waals surface area contributed by atoms with Gasteiger partial charge in [-0.25, -0.2) is 9.37 Å². The predicted octanol–water partition coefficient (Wildman–Crippen LogP) is 3.71. The third kappa shape index (κ3) is 2.84. The Morgan fingerprint density at radius 3 is 2.90 bits per heavy atom. The van der Waals surface area contributed by atoms with Gasteiger partial charge in [0.25, 0.3) is 0 Å². The molecule has 0 aliphatic rings. The van der Waals surface area contributed by atoms with E-state index in [1.54, 1.807) is 12.3 Å². The van der Waals surface area contributed by atoms with Crippen molar-refractivity contribution in [2.24, 2.45) is 0 Å². The molecular formula is C16H15BrFN3. The number of halogens is 2. The molecule has 0 saturated carbocycles. The maximum atomic E-state index is 14.0. The highest BCUT2D eigenvalue weighted by atomic mass is 79.9. The normalized spacial score (nSPS) is 11.2. The highest BCUT2D eigenvalue weighted by Gasteiger charge is 2.11. The molecule has 0 amide bonds. The number of fused-ring (bicyclic) bond motifs is 1. The minimum Gasteiger partial charge on any atom is -0.328 e. The molecule has 3 rings (SSSR count). The van der Waals surface area contributed by atoms with Crippen LogP contribution >= 0.6 is 15.9 Å². The third-order valence-electron chi connectivity index (χ3n) is 3.44. The standard InChI is InChI=1S/C16H15BrFN3/c1-19-8-12-10-21(16-14(12)3-2-6-20-16)9-11-4-5-13(17)7-15(11)18/h2-7,10,19H,8-9H2,1H3. The molecule has 0 atom stereocenters. The minimum absolute atomic E-state index is 0.211. The Balaban J connectivity index is 2.04. The van der Waals surface area contributed by atoms with Crippen molar-refractivity contribution >= 4 is 27.0 Å². The SMILES string of the molecule is CNCc1cn(Cc2ccc(Br)cc2F)c2ncccc12. The summed E-state index contributed by atoms with van der Waals surface area (Å²) in [5, 5.41) is 4.25. The molecule has 0 saturated heterocycles. The van der Waals surface area contributed by atoms with Gasteiger partial charge >= 0.3 is 0 Å². The van der Waals surface area contributed by atoms with Crippen LogP contribution in [0.5, 0.6) is 0 Å². The summed E-state index contributed by atoms with van der Waals surface area (Å²) in [5.41, 5.74) is 2.69. The molecule has 5 heteroatoms. The zero-order valence-electron chi connectivity index (χ0n) is 11.6. The smallest absolute Gasteiger partial charge is 0.140 e. The molecule has 0 fully saturated rings. The quantitative estimate of drug-likeness (QED) is 0.779. The topological polar surface area (TPSA) is 29.9 Å². The Kier molecular flexibility index (Phi) is 4.03. The summed E-state index contributed by atoms with van der Waals surface area (Å²) in [6.45, 7) is 1.23. The molecule has 3 nitrogen and oxygen atoms in total. The molecule has 0 bridgehead atoms. The Bertz CT molecular complexity index is 782. The van der Waals surface area contributed by atoms with Gasteiger partial charge in [-0.3, -0.25) is 0 Å². The van der Waals surface area contributed by atoms with Crippen LogP contribution in [0.4, 0.5) is 4.39 Å². The Labute approximate surface area is 130 Å². The first-order chi connectivity index (χ1) is 10.2. The molecule has 2 aromatic heterocycles. The Hall–Kier alpha value is -1.72. The summed E-state index contributed by atoms with van der Waals surface area (Å²) in [7, 11) is 1.91. The van der Waals surface area contributed by atoms with Gasteiger partial charge in [0.1, 0.15) is 11.5 Å². The second-order valence-corrected chi connectivity index (χ2v) is 5.84. The second kappa shape index (κ2) is 5.95. The van der Waals surface area contributed by atoms with Crippen LogP contribution in [0.25, 0.3) is 11.0 Å². The molecule has 1 aromatic carbocycles. The number of benzene rings is 1. The maximum absolute atomic E-state index is 14.0. The van der Waals surface area contributed by atoms with Crippen molar-refractivity contribution in [3.63, 3.8) is 0 Å². The summed E-state index contributed by atoms with van der Waals surface area (Å²) in [6.07, 6.45) is 3.80. The van der Waals surface area contributed by atoms with Crippen LogP contribution in [0.2, 0.25) is 0 Å². The van der Waals surface area contributed by atoms with Crippen molar-refractivity contribution in [1.82, 2.24) is 14.9 Å². The molecule has 108 valence electrons. The molecule has 2 heterocycles. The van der Waals surface area contributed by atoms with E-state index in [0.29, 0.717) is 12.1 Å². The van der Waals surface area contributed by atoms with Crippen LogP contribution in [0.1, 0.15) is 11.1 Å². The van der Waals surface area contributed by atoms with Gasteiger partial charge in [0.05, 0.1) is 6.54 Å². The van der Waals surface area contributed by atoms with Crippen molar-refractivity contribution in [1.29, 1.82) is 0 Å². The molecule has 0 aliphatic heterocycles. The van der Waals surface area contributed by atoms with Gasteiger partial charge in [0.15, 0.2) is 0 Å². The first-order valence-corrected chi connectivity index (χ1v) is 7.49. The van der Waals surface area contributed by atoms with Crippen LogP contribution in [0.3, 0.4) is 0 Å². The van der Waals surface area contributed by atoms with E-state index in [2.05, 4.69) is 26.2 Å². The van der Waals surface area contributed by atoms with Crippen molar-refractivity contribution < 1.29 is 4.39 Å². The van der Waals surface area contributed by atoms with Gasteiger partial charge in [-0.2, -0.15) is 0 Å². The molecule has 0 unspecified atom stereocenters. The zero-order chi connectivity index (χ0) is 14.8. The predicted molar refractivity (Wildman–Crippen MR) is 85.7 cm³/mol. The van der Waals surface area contributed by atoms with Crippen molar-refractivity contribution in [2.45, 2.75) is 13.1 Å². The summed E-state index contributed by atoms with van der Waals surface area (Å²) in [5.74, 6) is -0.211. The number of hydrogen-bond acceptors (Lipinski definition) is 2. The third-order valence-corrected chi connectivity index (χ3v) is 3.93. The van der Waals surface area contributed by atoms with E-state index in [9.17, 15) is 4.39 Å². The van der Waals surface area contributed by atoms with E-state index in [1.807, 2.05) is 36.0 Å². The van der Waals surface area contributed by atoms with E-state index in [1.165, 1.54) is 6.07 Å². The fraction of sp³-hybridized carbons (Fsp3) is 0.188. The van der Waals surface area contributed by atoms with Gasteiger partial charge in [0, 0.05) is 34.4 Å². The molecule has 21 heavy (non-hydrogen) atoms. The number of nitrogens with zero attached hydrogens (tertiary/aromatic N) is 2. The zero-order valence-corrected chi connectivity index (χ0v) is 13.2. The number of rotatable bonds is 4. The van der Waals surface area contributed by atoms with Crippen LogP contribution in [0, 0.1) is 5.82 Å². The van der Waals surface area contributed by atoms with Gasteiger partial charge < -0.3 is 9.88 Å². The lowest BCUT2D eigenvalue weighted by molar-refractivity contribution is 0.600. The summed E-state index contributed by atoms with van der Waals surface area (Å²) in [4.78, 5) is 4.43. The lowest BCUT2D eigenvalue weighted by Gasteiger charge is -2.06. The van der Waals surface area contributed by atoms with Gasteiger partial charge in [-0.15, -0.1) is 0 Å². The van der Waals surface area contributed by atoms with Crippen molar-refractivity contribution in [3.05, 3.63) is 64.1 Å². The summed E-state index contributed by atoms with van der Waals surface area (Å²) in [6, 6.07) is 9.11. The second-order valence-electron chi connectivity index (χ2n) is 4.92. The highest BCUT2D eigenvalue weighted by molar-refractivity contribution is 9.10. The number of hydrogen-bond donors (Lipinski definition) is 1. The van der Waals surface area contributed by atoms with Crippen LogP contribution in [-0.2, 0) is 13.1 Å². The molecule has 0 radical (unpaired) electrons. The number of aromatic nitrogens is 2. The first-order valence-electron chi connectivity index (χ1n) is 6.70. The average Bonchev–Trinajstić information content (AvgIpc) is 2.81. The monoisotopic (exact) mass is 347 g/mol. The van der Waals surface area contributed by atoms with Gasteiger partial charge in [-0.1, -0.05) is 22.0 Å². The molecule has 3 aromatic rings. The fourth-order valence-corrected chi connectivity index (χ4v) is 2.81. The summed E-state index contributed by atoms with van der Waals surface area (Å²) >= 11 is 3.28. The molecule has 0 aliphatic carbocycles. The first kappa shape index (κ1) is 14.2. The minimum atomic E-state index is -0.211. The molecular weight excluding hydrogens is 333 g/mol. The van der Waals surface area contributed by atoms with E-state index >= 15 is 0 Å².